The number of rotatable bonds is 6. The van der Waals surface area contributed by atoms with E-state index in [2.05, 4.69) is 35.5 Å². The summed E-state index contributed by atoms with van der Waals surface area (Å²) in [7, 11) is 0. The Hall–Kier alpha value is -3.07. The molecule has 3 aromatic heterocycles. The van der Waals surface area contributed by atoms with Crippen LogP contribution in [0.25, 0.3) is 22.4 Å². The van der Waals surface area contributed by atoms with E-state index < -0.39 is 0 Å². The third-order valence-electron chi connectivity index (χ3n) is 5.64. The van der Waals surface area contributed by atoms with Crippen LogP contribution in [0.15, 0.2) is 36.7 Å². The minimum absolute atomic E-state index is 0.418. The lowest BCUT2D eigenvalue weighted by atomic mass is 10.1. The van der Waals surface area contributed by atoms with E-state index in [4.69, 9.17) is 16.6 Å². The van der Waals surface area contributed by atoms with Crippen molar-refractivity contribution in [1.29, 1.82) is 0 Å². The van der Waals surface area contributed by atoms with E-state index in [1.54, 1.807) is 0 Å². The lowest BCUT2D eigenvalue weighted by molar-refractivity contribution is 0.415. The van der Waals surface area contributed by atoms with Crippen molar-refractivity contribution in [3.8, 4) is 11.4 Å². The summed E-state index contributed by atoms with van der Waals surface area (Å²) in [5, 5.41) is 21.3. The topological polar surface area (TPSA) is 99.2 Å². The van der Waals surface area contributed by atoms with Crippen molar-refractivity contribution in [1.82, 2.24) is 40.0 Å². The van der Waals surface area contributed by atoms with Crippen LogP contribution >= 0.6 is 11.6 Å². The molecule has 0 bridgehead atoms. The Kier molecular flexibility index (Phi) is 5.75. The predicted molar refractivity (Wildman–Crippen MR) is 119 cm³/mol. The summed E-state index contributed by atoms with van der Waals surface area (Å²) in [6.45, 7) is 0.533. The maximum absolute atomic E-state index is 5.73. The van der Waals surface area contributed by atoms with Gasteiger partial charge in [0.15, 0.2) is 5.65 Å². The molecule has 10 heteroatoms. The molecule has 1 aliphatic rings. The molecule has 0 radical (unpaired) electrons. The molecule has 3 heterocycles. The average Bonchev–Trinajstić information content (AvgIpc) is 3.34. The molecule has 1 N–H and O–H groups in total. The normalized spacial score (nSPS) is 15.3. The van der Waals surface area contributed by atoms with Crippen molar-refractivity contribution < 1.29 is 0 Å². The van der Waals surface area contributed by atoms with Crippen LogP contribution in [0, 0.1) is 0 Å². The summed E-state index contributed by atoms with van der Waals surface area (Å²) in [5.74, 6) is 1.58. The van der Waals surface area contributed by atoms with Crippen molar-refractivity contribution in [2.45, 2.75) is 51.1 Å². The second kappa shape index (κ2) is 8.97. The second-order valence-corrected chi connectivity index (χ2v) is 8.19. The molecule has 4 aromatic rings. The molecule has 9 nitrogen and oxygen atoms in total. The fourth-order valence-electron chi connectivity index (χ4n) is 4.03. The Morgan fingerprint density at radius 2 is 1.84 bits per heavy atom. The first kappa shape index (κ1) is 19.9. The number of tetrazole rings is 1. The molecule has 0 spiro atoms. The predicted octanol–water partition coefficient (Wildman–Crippen LogP) is 4.36. The van der Waals surface area contributed by atoms with E-state index in [0.717, 1.165) is 35.1 Å². The Bertz CT molecular complexity index is 1140. The van der Waals surface area contributed by atoms with Gasteiger partial charge in [-0.2, -0.15) is 14.9 Å². The van der Waals surface area contributed by atoms with Crippen LogP contribution in [0.3, 0.4) is 0 Å². The maximum atomic E-state index is 5.73. The van der Waals surface area contributed by atoms with Gasteiger partial charge < -0.3 is 5.32 Å². The van der Waals surface area contributed by atoms with Gasteiger partial charge in [-0.05, 0) is 42.3 Å². The van der Waals surface area contributed by atoms with Crippen LogP contribution in [-0.2, 0) is 6.54 Å². The molecule has 0 atom stereocenters. The van der Waals surface area contributed by atoms with Gasteiger partial charge in [-0.3, -0.25) is 0 Å². The lowest BCUT2D eigenvalue weighted by Gasteiger charge is -2.15. The molecular weight excluding hydrogens is 414 g/mol. The van der Waals surface area contributed by atoms with Crippen LogP contribution in [0.4, 0.5) is 11.6 Å². The van der Waals surface area contributed by atoms with E-state index in [1.165, 1.54) is 30.5 Å². The van der Waals surface area contributed by atoms with Crippen molar-refractivity contribution >= 4 is 34.3 Å². The molecule has 1 aromatic carbocycles. The highest BCUT2D eigenvalue weighted by Gasteiger charge is 2.18. The molecule has 0 aliphatic heterocycles. The van der Waals surface area contributed by atoms with Gasteiger partial charge in [-0.1, -0.05) is 25.7 Å². The summed E-state index contributed by atoms with van der Waals surface area (Å²) < 4.78 is 2.09. The van der Waals surface area contributed by atoms with Gasteiger partial charge in [-0.25, -0.2) is 9.67 Å². The summed E-state index contributed by atoms with van der Waals surface area (Å²) in [5.41, 5.74) is 2.66. The number of hydrogen-bond acceptors (Lipinski definition) is 7. The molecule has 1 fully saturated rings. The van der Waals surface area contributed by atoms with Gasteiger partial charge in [0.2, 0.25) is 11.8 Å². The largest absolute Gasteiger partial charge is 0.324 e. The molecule has 0 amide bonds. The average molecular weight is 438 g/mol. The van der Waals surface area contributed by atoms with Crippen molar-refractivity contribution in [3.05, 3.63) is 36.7 Å². The van der Waals surface area contributed by atoms with Crippen LogP contribution in [0.2, 0.25) is 0 Å². The standard InChI is InChI=1S/C21H24ClN9/c22-11-12-30-28-19(27-29-30)15-7-9-17(10-8-15)25-21-23-13-16-14-24-31(20(16)26-21)18-5-3-1-2-4-6-18/h7-10,13-14,18H,1-6,11-12H2,(H,23,25,26). The molecule has 160 valence electrons. The number of hydrogen-bond donors (Lipinski definition) is 1. The van der Waals surface area contributed by atoms with Crippen LogP contribution < -0.4 is 5.32 Å². The van der Waals surface area contributed by atoms with Crippen LogP contribution in [0.1, 0.15) is 44.6 Å². The number of aryl methyl sites for hydroxylation is 1. The Labute approximate surface area is 184 Å². The monoisotopic (exact) mass is 437 g/mol. The van der Waals surface area contributed by atoms with E-state index in [9.17, 15) is 0 Å². The summed E-state index contributed by atoms with van der Waals surface area (Å²) in [6, 6.07) is 8.21. The number of anilines is 2. The van der Waals surface area contributed by atoms with Gasteiger partial charge in [0.05, 0.1) is 24.2 Å². The quantitative estimate of drug-likeness (QED) is 0.353. The summed E-state index contributed by atoms with van der Waals surface area (Å²) in [6.07, 6.45) is 11.1. The van der Waals surface area contributed by atoms with E-state index in [1.807, 2.05) is 36.7 Å². The smallest absolute Gasteiger partial charge is 0.229 e. The Balaban J connectivity index is 1.34. The van der Waals surface area contributed by atoms with E-state index >= 15 is 0 Å². The SMILES string of the molecule is ClCCn1nnc(-c2ccc(Nc3ncc4cnn(C5CCCCCC5)c4n3)cc2)n1. The number of fused-ring (bicyclic) bond motifs is 1. The number of alkyl halides is 1. The third-order valence-corrected chi connectivity index (χ3v) is 5.81. The Morgan fingerprint density at radius 3 is 2.61 bits per heavy atom. The first-order chi connectivity index (χ1) is 15.3. The van der Waals surface area contributed by atoms with Gasteiger partial charge in [0.1, 0.15) is 0 Å². The number of nitrogens with zero attached hydrogens (tertiary/aromatic N) is 8. The number of halogens is 1. The minimum Gasteiger partial charge on any atom is -0.324 e. The molecule has 0 unspecified atom stereocenters. The zero-order valence-corrected chi connectivity index (χ0v) is 17.9. The highest BCUT2D eigenvalue weighted by Crippen LogP contribution is 2.29. The Morgan fingerprint density at radius 1 is 1.03 bits per heavy atom. The van der Waals surface area contributed by atoms with Crippen molar-refractivity contribution in [2.24, 2.45) is 0 Å². The first-order valence-electron chi connectivity index (χ1n) is 10.7. The number of nitrogens with one attached hydrogen (secondary N) is 1. The van der Waals surface area contributed by atoms with Gasteiger partial charge in [0, 0.05) is 23.3 Å². The molecular formula is C21H24ClN9. The summed E-state index contributed by atoms with van der Waals surface area (Å²) >= 11 is 5.73. The lowest BCUT2D eigenvalue weighted by Crippen LogP contribution is -2.11. The van der Waals surface area contributed by atoms with Crippen LogP contribution in [0.5, 0.6) is 0 Å². The first-order valence-corrected chi connectivity index (χ1v) is 11.2. The van der Waals surface area contributed by atoms with E-state index in [-0.39, 0.29) is 0 Å². The number of benzene rings is 1. The molecule has 5 rings (SSSR count). The fraction of sp³-hybridized carbons (Fsp3) is 0.429. The van der Waals surface area contributed by atoms with Crippen LogP contribution in [-0.4, -0.2) is 45.8 Å². The zero-order chi connectivity index (χ0) is 21.0. The van der Waals surface area contributed by atoms with Gasteiger partial charge in [-0.15, -0.1) is 21.8 Å². The molecule has 0 saturated heterocycles. The second-order valence-electron chi connectivity index (χ2n) is 7.81. The third kappa shape index (κ3) is 4.36. The van der Waals surface area contributed by atoms with Gasteiger partial charge >= 0.3 is 0 Å². The highest BCUT2D eigenvalue weighted by atomic mass is 35.5. The molecule has 1 saturated carbocycles. The zero-order valence-electron chi connectivity index (χ0n) is 17.2. The van der Waals surface area contributed by atoms with Crippen molar-refractivity contribution in [2.75, 3.05) is 11.2 Å². The highest BCUT2D eigenvalue weighted by molar-refractivity contribution is 6.17. The van der Waals surface area contributed by atoms with Crippen molar-refractivity contribution in [3.63, 3.8) is 0 Å². The molecule has 1 aliphatic carbocycles. The summed E-state index contributed by atoms with van der Waals surface area (Å²) in [4.78, 5) is 10.7. The fourth-order valence-corrected chi connectivity index (χ4v) is 4.18. The molecule has 31 heavy (non-hydrogen) atoms. The van der Waals surface area contributed by atoms with E-state index in [0.29, 0.717) is 30.2 Å². The minimum atomic E-state index is 0.418. The maximum Gasteiger partial charge on any atom is 0.229 e. The number of aromatic nitrogens is 8. The van der Waals surface area contributed by atoms with Gasteiger partial charge in [0.25, 0.3) is 0 Å².